The van der Waals surface area contributed by atoms with Gasteiger partial charge in [-0.05, 0) is 51.4 Å². The first-order valence-corrected chi connectivity index (χ1v) is 13.1. The van der Waals surface area contributed by atoms with E-state index in [0.29, 0.717) is 30.9 Å². The van der Waals surface area contributed by atoms with E-state index in [1.807, 2.05) is 24.7 Å². The second-order valence-corrected chi connectivity index (χ2v) is 10.4. The van der Waals surface area contributed by atoms with Crippen molar-refractivity contribution < 1.29 is 4.74 Å². The third kappa shape index (κ3) is 4.39. The monoisotopic (exact) mass is 501 g/mol. The smallest absolute Gasteiger partial charge is 0.318 e. The highest BCUT2D eigenvalue weighted by Crippen LogP contribution is 2.36. The highest BCUT2D eigenvalue weighted by molar-refractivity contribution is 5.94. The van der Waals surface area contributed by atoms with E-state index in [4.69, 9.17) is 25.8 Å². The number of aryl methyl sites for hydroxylation is 1. The van der Waals surface area contributed by atoms with E-state index in [-0.39, 0.29) is 0 Å². The van der Waals surface area contributed by atoms with Crippen LogP contribution in [-0.4, -0.2) is 70.0 Å². The maximum atomic E-state index is 7.99. The van der Waals surface area contributed by atoms with Gasteiger partial charge in [-0.15, -0.1) is 0 Å². The van der Waals surface area contributed by atoms with Crippen molar-refractivity contribution >= 4 is 23.4 Å². The Morgan fingerprint density at radius 2 is 2.03 bits per heavy atom. The number of likely N-dealkylation sites (N-methyl/N-ethyl adjacent to an activating group) is 1. The molecule has 37 heavy (non-hydrogen) atoms. The van der Waals surface area contributed by atoms with E-state index in [9.17, 15) is 0 Å². The lowest BCUT2D eigenvalue weighted by molar-refractivity contribution is 0.187. The standard InChI is InChI=1S/C27H35N9O/c1-18-5-6-23(29)22(12-28)25(18)34-9-7-21-24(15-34)31-27(37-16-19-4-3-8-33(19)2)32-26(21)35-10-11-36-17-30-13-20(36)14-35/h5-6,12-13,17,19,28H,3-4,7-11,14-16,29H2,1-2H3/t19-/m0/s1. The molecule has 1 fully saturated rings. The maximum Gasteiger partial charge on any atom is 0.318 e. The molecule has 0 spiro atoms. The van der Waals surface area contributed by atoms with Crippen LogP contribution in [0, 0.1) is 12.3 Å². The fourth-order valence-electron chi connectivity index (χ4n) is 5.94. The molecule has 1 saturated heterocycles. The predicted octanol–water partition coefficient (Wildman–Crippen LogP) is 2.62. The molecule has 3 N–H and O–H groups in total. The number of anilines is 3. The molecule has 1 aromatic carbocycles. The SMILES string of the molecule is Cc1ccc(N)c(C=N)c1N1CCc2c(nc(OC[C@@H]3CCCN3C)nc2N2CCn3cncc3C2)C1. The summed E-state index contributed by atoms with van der Waals surface area (Å²) in [5, 5.41) is 7.99. The third-order valence-electron chi connectivity index (χ3n) is 8.07. The summed E-state index contributed by atoms with van der Waals surface area (Å²) in [5.74, 6) is 0.975. The van der Waals surface area contributed by atoms with Gasteiger partial charge in [0.15, 0.2) is 0 Å². The van der Waals surface area contributed by atoms with Gasteiger partial charge in [0.1, 0.15) is 12.4 Å². The quantitative estimate of drug-likeness (QED) is 0.392. The van der Waals surface area contributed by atoms with Crippen LogP contribution in [0.25, 0.3) is 0 Å². The van der Waals surface area contributed by atoms with Gasteiger partial charge in [0.25, 0.3) is 0 Å². The lowest BCUT2D eigenvalue weighted by atomic mass is 10.00. The Morgan fingerprint density at radius 1 is 1.14 bits per heavy atom. The van der Waals surface area contributed by atoms with E-state index in [1.165, 1.54) is 23.9 Å². The van der Waals surface area contributed by atoms with Gasteiger partial charge in [0.2, 0.25) is 0 Å². The topological polar surface area (TPSA) is 112 Å². The van der Waals surface area contributed by atoms with E-state index >= 15 is 0 Å². The molecule has 194 valence electrons. The summed E-state index contributed by atoms with van der Waals surface area (Å²) in [7, 11) is 2.16. The van der Waals surface area contributed by atoms with Crippen molar-refractivity contribution in [2.75, 3.05) is 48.8 Å². The second-order valence-electron chi connectivity index (χ2n) is 10.4. The molecule has 3 aliphatic heterocycles. The van der Waals surface area contributed by atoms with Crippen molar-refractivity contribution in [1.29, 1.82) is 5.41 Å². The zero-order valence-electron chi connectivity index (χ0n) is 21.7. The van der Waals surface area contributed by atoms with Gasteiger partial charge >= 0.3 is 6.01 Å². The van der Waals surface area contributed by atoms with E-state index in [1.54, 1.807) is 0 Å². The van der Waals surface area contributed by atoms with Gasteiger partial charge in [0, 0.05) is 54.9 Å². The van der Waals surface area contributed by atoms with Crippen molar-refractivity contribution in [3.63, 3.8) is 0 Å². The van der Waals surface area contributed by atoms with E-state index < -0.39 is 0 Å². The zero-order valence-corrected chi connectivity index (χ0v) is 21.7. The number of ether oxygens (including phenoxy) is 1. The Balaban J connectivity index is 1.35. The minimum Gasteiger partial charge on any atom is -0.462 e. The number of benzene rings is 1. The molecule has 3 aliphatic rings. The first kappa shape index (κ1) is 23.7. The fraction of sp³-hybridized carbons (Fsp3) is 0.481. The molecular formula is C27H35N9O. The lowest BCUT2D eigenvalue weighted by Gasteiger charge is -2.36. The van der Waals surface area contributed by atoms with E-state index in [0.717, 1.165) is 73.9 Å². The average molecular weight is 502 g/mol. The number of aromatic nitrogens is 4. The molecule has 0 saturated carbocycles. The fourth-order valence-corrected chi connectivity index (χ4v) is 5.94. The average Bonchev–Trinajstić information content (AvgIpc) is 3.55. The molecule has 10 nitrogen and oxygen atoms in total. The molecule has 0 amide bonds. The van der Waals surface area contributed by atoms with Crippen molar-refractivity contribution in [2.45, 2.75) is 51.9 Å². The highest BCUT2D eigenvalue weighted by Gasteiger charge is 2.30. The summed E-state index contributed by atoms with van der Waals surface area (Å²) in [5.41, 5.74) is 13.1. The van der Waals surface area contributed by atoms with Crippen LogP contribution in [0.3, 0.4) is 0 Å². The first-order valence-electron chi connectivity index (χ1n) is 13.1. The minimum absolute atomic E-state index is 0.397. The number of hydrogen-bond donors (Lipinski definition) is 2. The Morgan fingerprint density at radius 3 is 2.84 bits per heavy atom. The number of nitrogens with two attached hydrogens (primary N) is 1. The van der Waals surface area contributed by atoms with Gasteiger partial charge in [-0.1, -0.05) is 6.07 Å². The number of nitrogens with one attached hydrogen (secondary N) is 1. The lowest BCUT2D eigenvalue weighted by Crippen LogP contribution is -2.38. The number of fused-ring (bicyclic) bond motifs is 2. The third-order valence-corrected chi connectivity index (χ3v) is 8.07. The summed E-state index contributed by atoms with van der Waals surface area (Å²) in [4.78, 5) is 21.3. The Kier molecular flexibility index (Phi) is 6.19. The second kappa shape index (κ2) is 9.66. The van der Waals surface area contributed by atoms with Gasteiger partial charge in [-0.25, -0.2) is 4.98 Å². The van der Waals surface area contributed by atoms with Gasteiger partial charge in [0.05, 0.1) is 36.5 Å². The summed E-state index contributed by atoms with van der Waals surface area (Å²) in [6, 6.07) is 4.76. The van der Waals surface area contributed by atoms with Gasteiger partial charge in [-0.2, -0.15) is 9.97 Å². The van der Waals surface area contributed by atoms with Crippen molar-refractivity contribution in [3.8, 4) is 6.01 Å². The Labute approximate surface area is 217 Å². The predicted molar refractivity (Wildman–Crippen MR) is 145 cm³/mol. The normalized spacial score (nSPS) is 19.6. The molecule has 0 aliphatic carbocycles. The van der Waals surface area contributed by atoms with Crippen LogP contribution in [0.5, 0.6) is 6.01 Å². The molecule has 3 aromatic rings. The summed E-state index contributed by atoms with van der Waals surface area (Å²) in [6.07, 6.45) is 8.36. The van der Waals surface area contributed by atoms with Crippen LogP contribution < -0.4 is 20.3 Å². The largest absolute Gasteiger partial charge is 0.462 e. The molecule has 10 heteroatoms. The number of imidazole rings is 1. The molecule has 5 heterocycles. The molecule has 6 rings (SSSR count). The highest BCUT2D eigenvalue weighted by atomic mass is 16.5. The molecular weight excluding hydrogens is 466 g/mol. The number of hydrogen-bond acceptors (Lipinski definition) is 9. The number of likely N-dealkylation sites (tertiary alicyclic amines) is 1. The number of nitrogens with zero attached hydrogens (tertiary/aromatic N) is 7. The van der Waals surface area contributed by atoms with Gasteiger partial charge < -0.3 is 35.1 Å². The summed E-state index contributed by atoms with van der Waals surface area (Å²) in [6.45, 7) is 7.74. The maximum absolute atomic E-state index is 7.99. The van der Waals surface area contributed by atoms with Crippen LogP contribution >= 0.6 is 0 Å². The first-order chi connectivity index (χ1) is 18.0. The van der Waals surface area contributed by atoms with Crippen LogP contribution in [0.1, 0.15) is 40.9 Å². The van der Waals surface area contributed by atoms with Crippen molar-refractivity contribution in [1.82, 2.24) is 24.4 Å². The molecule has 0 bridgehead atoms. The van der Waals surface area contributed by atoms with Crippen LogP contribution in [0.4, 0.5) is 17.2 Å². The van der Waals surface area contributed by atoms with E-state index in [2.05, 4.69) is 38.2 Å². The summed E-state index contributed by atoms with van der Waals surface area (Å²) < 4.78 is 8.47. The zero-order chi connectivity index (χ0) is 25.5. The van der Waals surface area contributed by atoms with Gasteiger partial charge in [-0.3, -0.25) is 0 Å². The molecule has 0 radical (unpaired) electrons. The number of rotatable bonds is 6. The molecule has 0 unspecified atom stereocenters. The van der Waals surface area contributed by atoms with Crippen LogP contribution in [0.2, 0.25) is 0 Å². The van der Waals surface area contributed by atoms with Crippen molar-refractivity contribution in [2.24, 2.45) is 0 Å². The number of nitrogen functional groups attached to an aromatic ring is 1. The van der Waals surface area contributed by atoms with Crippen molar-refractivity contribution in [3.05, 3.63) is 52.7 Å². The summed E-state index contributed by atoms with van der Waals surface area (Å²) >= 11 is 0. The van der Waals surface area contributed by atoms with Crippen LogP contribution in [0.15, 0.2) is 24.7 Å². The molecule has 1 atom stereocenters. The Bertz CT molecular complexity index is 1320. The molecule has 2 aromatic heterocycles. The van der Waals surface area contributed by atoms with Crippen LogP contribution in [-0.2, 0) is 26.1 Å². The minimum atomic E-state index is 0.397. The Hall–Kier alpha value is -3.66.